The SMILES string of the molecule is CSC(C)(C)CNC1c2ccccc2Cc2ccccc21. The van der Waals surface area contributed by atoms with Gasteiger partial charge >= 0.3 is 0 Å². The molecule has 0 atom stereocenters. The smallest absolute Gasteiger partial charge is 0.0582 e. The maximum atomic E-state index is 3.80. The van der Waals surface area contributed by atoms with Crippen molar-refractivity contribution in [3.05, 3.63) is 70.8 Å². The van der Waals surface area contributed by atoms with Crippen molar-refractivity contribution >= 4 is 11.8 Å². The Kier molecular flexibility index (Phi) is 4.10. The summed E-state index contributed by atoms with van der Waals surface area (Å²) in [4.78, 5) is 0. The van der Waals surface area contributed by atoms with E-state index in [0.29, 0.717) is 6.04 Å². The van der Waals surface area contributed by atoms with Crippen molar-refractivity contribution in [3.63, 3.8) is 0 Å². The normalized spacial score (nSPS) is 14.6. The number of hydrogen-bond donors (Lipinski definition) is 1. The zero-order valence-corrected chi connectivity index (χ0v) is 13.8. The van der Waals surface area contributed by atoms with Gasteiger partial charge in [0.1, 0.15) is 0 Å². The van der Waals surface area contributed by atoms with E-state index < -0.39 is 0 Å². The van der Waals surface area contributed by atoms with Gasteiger partial charge in [-0.1, -0.05) is 48.5 Å². The van der Waals surface area contributed by atoms with Crippen LogP contribution in [0.25, 0.3) is 0 Å². The van der Waals surface area contributed by atoms with E-state index in [1.807, 2.05) is 11.8 Å². The first-order valence-corrected chi connectivity index (χ1v) is 8.77. The van der Waals surface area contributed by atoms with E-state index in [2.05, 4.69) is 74.0 Å². The van der Waals surface area contributed by atoms with Crippen LogP contribution in [0.3, 0.4) is 0 Å². The van der Waals surface area contributed by atoms with Gasteiger partial charge in [-0.25, -0.2) is 0 Å². The van der Waals surface area contributed by atoms with Crippen molar-refractivity contribution in [1.29, 1.82) is 0 Å². The molecule has 2 aromatic rings. The van der Waals surface area contributed by atoms with Crippen LogP contribution in [0.15, 0.2) is 48.5 Å². The first-order chi connectivity index (χ1) is 10.1. The Labute approximate surface area is 132 Å². The van der Waals surface area contributed by atoms with E-state index in [9.17, 15) is 0 Å². The molecule has 110 valence electrons. The summed E-state index contributed by atoms with van der Waals surface area (Å²) in [5.74, 6) is 0. The van der Waals surface area contributed by atoms with Gasteiger partial charge in [-0.2, -0.15) is 11.8 Å². The van der Waals surface area contributed by atoms with Crippen LogP contribution in [0.5, 0.6) is 0 Å². The largest absolute Gasteiger partial charge is 0.305 e. The Balaban J connectivity index is 1.95. The fourth-order valence-corrected chi connectivity index (χ4v) is 3.19. The first-order valence-electron chi connectivity index (χ1n) is 7.55. The molecule has 3 rings (SSSR count). The molecule has 2 aromatic carbocycles. The van der Waals surface area contributed by atoms with Crippen molar-refractivity contribution in [2.45, 2.75) is 31.1 Å². The van der Waals surface area contributed by atoms with Crippen LogP contribution in [0.1, 0.15) is 42.1 Å². The molecule has 0 unspecified atom stereocenters. The average Bonchev–Trinajstić information content (AvgIpc) is 2.51. The average molecular weight is 297 g/mol. The van der Waals surface area contributed by atoms with E-state index in [1.54, 1.807) is 0 Å². The number of hydrogen-bond acceptors (Lipinski definition) is 2. The second kappa shape index (κ2) is 5.86. The van der Waals surface area contributed by atoms with Gasteiger partial charge in [0.2, 0.25) is 0 Å². The summed E-state index contributed by atoms with van der Waals surface area (Å²) in [7, 11) is 0. The van der Waals surface area contributed by atoms with Crippen LogP contribution in [0.2, 0.25) is 0 Å². The Morgan fingerprint density at radius 1 is 1.00 bits per heavy atom. The van der Waals surface area contributed by atoms with E-state index in [0.717, 1.165) is 13.0 Å². The number of thioether (sulfide) groups is 1. The molecule has 0 aliphatic heterocycles. The Hall–Kier alpha value is -1.25. The molecule has 0 saturated carbocycles. The van der Waals surface area contributed by atoms with Gasteiger partial charge in [-0.05, 0) is 48.8 Å². The molecule has 21 heavy (non-hydrogen) atoms. The summed E-state index contributed by atoms with van der Waals surface area (Å²) >= 11 is 1.92. The standard InChI is InChI=1S/C19H23NS/c1-19(2,21-3)13-20-18-16-10-6-4-8-14(16)12-15-9-5-7-11-17(15)18/h4-11,18,20H,12-13H2,1-3H3. The molecule has 1 nitrogen and oxygen atoms in total. The van der Waals surface area contributed by atoms with Gasteiger partial charge in [0.15, 0.2) is 0 Å². The lowest BCUT2D eigenvalue weighted by molar-refractivity contribution is 0.533. The molecule has 1 aliphatic rings. The zero-order chi connectivity index (χ0) is 14.9. The number of nitrogens with one attached hydrogen (secondary N) is 1. The predicted octanol–water partition coefficient (Wildman–Crippen LogP) is 4.41. The summed E-state index contributed by atoms with van der Waals surface area (Å²) in [5.41, 5.74) is 5.78. The van der Waals surface area contributed by atoms with Gasteiger partial charge in [0.05, 0.1) is 6.04 Å². The Bertz CT molecular complexity index is 587. The second-order valence-electron chi connectivity index (χ2n) is 6.35. The van der Waals surface area contributed by atoms with Crippen molar-refractivity contribution < 1.29 is 0 Å². The fraction of sp³-hybridized carbons (Fsp3) is 0.368. The summed E-state index contributed by atoms with van der Waals surface area (Å²) in [6, 6.07) is 18.0. The molecule has 0 aromatic heterocycles. The minimum atomic E-state index is 0.251. The van der Waals surface area contributed by atoms with E-state index in [4.69, 9.17) is 0 Å². The summed E-state index contributed by atoms with van der Waals surface area (Å²) < 4.78 is 0.251. The highest BCUT2D eigenvalue weighted by molar-refractivity contribution is 7.99. The molecule has 0 radical (unpaired) electrons. The maximum Gasteiger partial charge on any atom is 0.0582 e. The monoisotopic (exact) mass is 297 g/mol. The Morgan fingerprint density at radius 2 is 1.52 bits per heavy atom. The van der Waals surface area contributed by atoms with Gasteiger partial charge < -0.3 is 5.32 Å². The van der Waals surface area contributed by atoms with Crippen molar-refractivity contribution in [1.82, 2.24) is 5.32 Å². The molecule has 1 aliphatic carbocycles. The summed E-state index contributed by atoms with van der Waals surface area (Å²) in [5, 5.41) is 3.80. The van der Waals surface area contributed by atoms with Gasteiger partial charge in [-0.3, -0.25) is 0 Å². The molecular formula is C19H23NS. The number of fused-ring (bicyclic) bond motifs is 2. The minimum Gasteiger partial charge on any atom is -0.305 e. The molecule has 0 amide bonds. The lowest BCUT2D eigenvalue weighted by Gasteiger charge is -2.32. The third kappa shape index (κ3) is 3.02. The third-order valence-corrected chi connectivity index (χ3v) is 5.65. The van der Waals surface area contributed by atoms with Gasteiger partial charge in [-0.15, -0.1) is 0 Å². The zero-order valence-electron chi connectivity index (χ0n) is 13.0. The number of benzene rings is 2. The quantitative estimate of drug-likeness (QED) is 0.897. The lowest BCUT2D eigenvalue weighted by atomic mass is 9.82. The third-order valence-electron chi connectivity index (χ3n) is 4.40. The van der Waals surface area contributed by atoms with Gasteiger partial charge in [0.25, 0.3) is 0 Å². The molecular weight excluding hydrogens is 274 g/mol. The molecule has 0 bridgehead atoms. The highest BCUT2D eigenvalue weighted by Gasteiger charge is 2.26. The van der Waals surface area contributed by atoms with E-state index in [-0.39, 0.29) is 4.75 Å². The van der Waals surface area contributed by atoms with Crippen LogP contribution >= 0.6 is 11.8 Å². The van der Waals surface area contributed by atoms with Crippen molar-refractivity contribution in [2.75, 3.05) is 12.8 Å². The second-order valence-corrected chi connectivity index (χ2v) is 7.87. The van der Waals surface area contributed by atoms with Crippen LogP contribution in [-0.4, -0.2) is 17.5 Å². The topological polar surface area (TPSA) is 12.0 Å². The highest BCUT2D eigenvalue weighted by Crippen LogP contribution is 2.35. The molecule has 0 heterocycles. The van der Waals surface area contributed by atoms with Crippen LogP contribution < -0.4 is 5.32 Å². The summed E-state index contributed by atoms with van der Waals surface area (Å²) in [6.45, 7) is 5.60. The predicted molar refractivity (Wildman–Crippen MR) is 93.1 cm³/mol. The molecule has 0 fully saturated rings. The lowest BCUT2D eigenvalue weighted by Crippen LogP contribution is -2.36. The van der Waals surface area contributed by atoms with E-state index in [1.165, 1.54) is 22.3 Å². The molecule has 0 spiro atoms. The number of rotatable bonds is 4. The maximum absolute atomic E-state index is 3.80. The molecule has 1 N–H and O–H groups in total. The fourth-order valence-electron chi connectivity index (χ4n) is 2.97. The molecule has 0 saturated heterocycles. The van der Waals surface area contributed by atoms with Crippen LogP contribution in [-0.2, 0) is 6.42 Å². The van der Waals surface area contributed by atoms with E-state index >= 15 is 0 Å². The van der Waals surface area contributed by atoms with Crippen LogP contribution in [0, 0.1) is 0 Å². The summed E-state index contributed by atoms with van der Waals surface area (Å²) in [6.07, 6.45) is 3.24. The van der Waals surface area contributed by atoms with Gasteiger partial charge in [0, 0.05) is 11.3 Å². The minimum absolute atomic E-state index is 0.251. The first kappa shape index (κ1) is 14.7. The van der Waals surface area contributed by atoms with Crippen molar-refractivity contribution in [2.24, 2.45) is 0 Å². The van der Waals surface area contributed by atoms with Crippen molar-refractivity contribution in [3.8, 4) is 0 Å². The van der Waals surface area contributed by atoms with Crippen LogP contribution in [0.4, 0.5) is 0 Å². The highest BCUT2D eigenvalue weighted by atomic mass is 32.2. The Morgan fingerprint density at radius 3 is 2.05 bits per heavy atom. The molecule has 2 heteroatoms.